The molecule has 3 heteroatoms. The zero-order valence-corrected chi connectivity index (χ0v) is 10.6. The minimum absolute atomic E-state index is 0.800. The minimum Gasteiger partial charge on any atom is -0.492 e. The van der Waals surface area contributed by atoms with E-state index in [1.165, 1.54) is 25.7 Å². The molecule has 94 valence electrons. The number of aryl methyl sites for hydroxylation is 1. The maximum atomic E-state index is 5.62. The zero-order valence-electron chi connectivity index (χ0n) is 10.6. The van der Waals surface area contributed by atoms with E-state index >= 15 is 0 Å². The lowest BCUT2D eigenvalue weighted by molar-refractivity contribution is 0.303. The third kappa shape index (κ3) is 5.18. The topological polar surface area (TPSA) is 34.1 Å². The number of nitrogens with one attached hydrogen (secondary N) is 1. The Kier molecular flexibility index (Phi) is 4.80. The standard InChI is InChI=1S/C14H22N2O/c1-12-5-8-14(11-16-12)17-10-4-2-3-9-15-13-6-7-13/h5,8,11,13,15H,2-4,6-7,9-10H2,1H3. The molecule has 0 unspecified atom stereocenters. The number of ether oxygens (including phenoxy) is 1. The van der Waals surface area contributed by atoms with Crippen molar-refractivity contribution in [3.63, 3.8) is 0 Å². The summed E-state index contributed by atoms with van der Waals surface area (Å²) in [6.45, 7) is 3.95. The van der Waals surface area contributed by atoms with E-state index in [9.17, 15) is 0 Å². The van der Waals surface area contributed by atoms with Gasteiger partial charge in [-0.05, 0) is 57.7 Å². The largest absolute Gasteiger partial charge is 0.492 e. The molecule has 1 N–H and O–H groups in total. The molecule has 0 amide bonds. The molecule has 0 bridgehead atoms. The second-order valence-corrected chi connectivity index (χ2v) is 4.77. The normalized spacial score (nSPS) is 14.9. The van der Waals surface area contributed by atoms with Crippen LogP contribution in [0.1, 0.15) is 37.8 Å². The Morgan fingerprint density at radius 3 is 2.88 bits per heavy atom. The van der Waals surface area contributed by atoms with Crippen LogP contribution in [-0.2, 0) is 0 Å². The van der Waals surface area contributed by atoms with Crippen molar-refractivity contribution >= 4 is 0 Å². The third-order valence-electron chi connectivity index (χ3n) is 2.98. The third-order valence-corrected chi connectivity index (χ3v) is 2.98. The van der Waals surface area contributed by atoms with E-state index < -0.39 is 0 Å². The molecule has 2 rings (SSSR count). The SMILES string of the molecule is Cc1ccc(OCCCCCNC2CC2)cn1. The molecular formula is C14H22N2O. The van der Waals surface area contributed by atoms with Crippen LogP contribution in [0.25, 0.3) is 0 Å². The van der Waals surface area contributed by atoms with Crippen LogP contribution >= 0.6 is 0 Å². The van der Waals surface area contributed by atoms with Crippen LogP contribution in [0.15, 0.2) is 18.3 Å². The molecule has 0 aromatic carbocycles. The molecule has 17 heavy (non-hydrogen) atoms. The molecule has 1 aromatic heterocycles. The Labute approximate surface area is 104 Å². The molecule has 3 nitrogen and oxygen atoms in total. The highest BCUT2D eigenvalue weighted by atomic mass is 16.5. The Morgan fingerprint density at radius 2 is 2.18 bits per heavy atom. The first-order valence-corrected chi connectivity index (χ1v) is 6.63. The number of rotatable bonds is 8. The zero-order chi connectivity index (χ0) is 11.9. The number of aromatic nitrogens is 1. The fraction of sp³-hybridized carbons (Fsp3) is 0.643. The molecule has 1 fully saturated rings. The Bertz CT molecular complexity index is 319. The Hall–Kier alpha value is -1.09. The summed E-state index contributed by atoms with van der Waals surface area (Å²) in [4.78, 5) is 4.20. The highest BCUT2D eigenvalue weighted by molar-refractivity contribution is 5.18. The highest BCUT2D eigenvalue weighted by Gasteiger charge is 2.19. The maximum Gasteiger partial charge on any atom is 0.137 e. The molecule has 0 atom stereocenters. The van der Waals surface area contributed by atoms with Crippen LogP contribution in [0, 0.1) is 6.92 Å². The van der Waals surface area contributed by atoms with E-state index in [0.29, 0.717) is 0 Å². The van der Waals surface area contributed by atoms with Gasteiger partial charge in [-0.25, -0.2) is 0 Å². The van der Waals surface area contributed by atoms with Crippen LogP contribution in [0.2, 0.25) is 0 Å². The van der Waals surface area contributed by atoms with Gasteiger partial charge in [-0.2, -0.15) is 0 Å². The van der Waals surface area contributed by atoms with Crippen molar-refractivity contribution in [3.05, 3.63) is 24.0 Å². The van der Waals surface area contributed by atoms with Crippen molar-refractivity contribution in [1.82, 2.24) is 10.3 Å². The quantitative estimate of drug-likeness (QED) is 0.702. The van der Waals surface area contributed by atoms with Gasteiger partial charge in [-0.15, -0.1) is 0 Å². The van der Waals surface area contributed by atoms with Gasteiger partial charge in [-0.1, -0.05) is 0 Å². The molecule has 0 spiro atoms. The molecule has 1 saturated carbocycles. The summed E-state index contributed by atoms with van der Waals surface area (Å²) in [6.07, 6.45) is 8.17. The number of nitrogens with zero attached hydrogens (tertiary/aromatic N) is 1. The van der Waals surface area contributed by atoms with Gasteiger partial charge in [0, 0.05) is 11.7 Å². The summed E-state index contributed by atoms with van der Waals surface area (Å²) in [7, 11) is 0. The van der Waals surface area contributed by atoms with Gasteiger partial charge >= 0.3 is 0 Å². The van der Waals surface area contributed by atoms with Gasteiger partial charge in [-0.3, -0.25) is 4.98 Å². The van der Waals surface area contributed by atoms with Crippen LogP contribution in [0.3, 0.4) is 0 Å². The lowest BCUT2D eigenvalue weighted by Gasteiger charge is -2.06. The molecule has 1 aliphatic rings. The lowest BCUT2D eigenvalue weighted by atomic mass is 10.2. The smallest absolute Gasteiger partial charge is 0.137 e. The summed E-state index contributed by atoms with van der Waals surface area (Å²) >= 11 is 0. The van der Waals surface area contributed by atoms with Gasteiger partial charge in [0.25, 0.3) is 0 Å². The number of unbranched alkanes of at least 4 members (excludes halogenated alkanes) is 2. The van der Waals surface area contributed by atoms with Crippen LogP contribution in [-0.4, -0.2) is 24.2 Å². The predicted molar refractivity (Wildman–Crippen MR) is 69.3 cm³/mol. The molecule has 0 radical (unpaired) electrons. The predicted octanol–water partition coefficient (Wildman–Crippen LogP) is 2.69. The van der Waals surface area contributed by atoms with Crippen LogP contribution in [0.4, 0.5) is 0 Å². The highest BCUT2D eigenvalue weighted by Crippen LogP contribution is 2.18. The molecule has 1 aliphatic carbocycles. The van der Waals surface area contributed by atoms with E-state index in [1.807, 2.05) is 19.1 Å². The van der Waals surface area contributed by atoms with E-state index in [-0.39, 0.29) is 0 Å². The van der Waals surface area contributed by atoms with Crippen molar-refractivity contribution in [1.29, 1.82) is 0 Å². The summed E-state index contributed by atoms with van der Waals surface area (Å²) < 4.78 is 5.62. The molecular weight excluding hydrogens is 212 g/mol. The second kappa shape index (κ2) is 6.60. The molecule has 1 aromatic rings. The van der Waals surface area contributed by atoms with E-state index in [1.54, 1.807) is 6.20 Å². The van der Waals surface area contributed by atoms with E-state index in [0.717, 1.165) is 37.1 Å². The monoisotopic (exact) mass is 234 g/mol. The van der Waals surface area contributed by atoms with Crippen molar-refractivity contribution < 1.29 is 4.74 Å². The fourth-order valence-corrected chi connectivity index (χ4v) is 1.73. The van der Waals surface area contributed by atoms with Crippen molar-refractivity contribution in [2.75, 3.05) is 13.2 Å². The first kappa shape index (κ1) is 12.4. The maximum absolute atomic E-state index is 5.62. The summed E-state index contributed by atoms with van der Waals surface area (Å²) in [5.41, 5.74) is 1.03. The molecule has 0 aliphatic heterocycles. The Balaban J connectivity index is 1.46. The lowest BCUT2D eigenvalue weighted by Crippen LogP contribution is -2.17. The van der Waals surface area contributed by atoms with Crippen LogP contribution in [0.5, 0.6) is 5.75 Å². The summed E-state index contributed by atoms with van der Waals surface area (Å²) in [5.74, 6) is 0.881. The van der Waals surface area contributed by atoms with Gasteiger partial charge in [0.05, 0.1) is 12.8 Å². The summed E-state index contributed by atoms with van der Waals surface area (Å²) in [5, 5.41) is 3.52. The van der Waals surface area contributed by atoms with Gasteiger partial charge in [0.15, 0.2) is 0 Å². The number of hydrogen-bond donors (Lipinski definition) is 1. The van der Waals surface area contributed by atoms with Gasteiger partial charge in [0.2, 0.25) is 0 Å². The summed E-state index contributed by atoms with van der Waals surface area (Å²) in [6, 6.07) is 4.80. The van der Waals surface area contributed by atoms with Crippen molar-refractivity contribution in [3.8, 4) is 5.75 Å². The fourth-order valence-electron chi connectivity index (χ4n) is 1.73. The van der Waals surface area contributed by atoms with Crippen molar-refractivity contribution in [2.45, 2.75) is 45.1 Å². The van der Waals surface area contributed by atoms with Crippen LogP contribution < -0.4 is 10.1 Å². The Morgan fingerprint density at radius 1 is 1.29 bits per heavy atom. The average molecular weight is 234 g/mol. The minimum atomic E-state index is 0.800. The average Bonchev–Trinajstić information content (AvgIpc) is 3.14. The second-order valence-electron chi connectivity index (χ2n) is 4.77. The first-order valence-electron chi connectivity index (χ1n) is 6.63. The first-order chi connectivity index (χ1) is 8.34. The van der Waals surface area contributed by atoms with E-state index in [4.69, 9.17) is 4.74 Å². The van der Waals surface area contributed by atoms with Gasteiger partial charge in [0.1, 0.15) is 5.75 Å². The molecule has 0 saturated heterocycles. The van der Waals surface area contributed by atoms with Crippen molar-refractivity contribution in [2.24, 2.45) is 0 Å². The number of hydrogen-bond acceptors (Lipinski definition) is 3. The number of pyridine rings is 1. The van der Waals surface area contributed by atoms with Gasteiger partial charge < -0.3 is 10.1 Å². The van der Waals surface area contributed by atoms with E-state index in [2.05, 4.69) is 10.3 Å². The molecule has 1 heterocycles.